The van der Waals surface area contributed by atoms with Crippen LogP contribution in [0.25, 0.3) is 20.1 Å². The second-order valence-corrected chi connectivity index (χ2v) is 7.47. The molecule has 110 valence electrons. The number of nitrogens with one attached hydrogen (secondary N) is 1. The summed E-state index contributed by atoms with van der Waals surface area (Å²) in [5.41, 5.74) is 5.80. The van der Waals surface area contributed by atoms with Gasteiger partial charge in [0.25, 0.3) is 0 Å². The first kappa shape index (κ1) is 13.2. The van der Waals surface area contributed by atoms with E-state index >= 15 is 0 Å². The largest absolute Gasteiger partial charge is 0.339 e. The van der Waals surface area contributed by atoms with Crippen molar-refractivity contribution in [1.82, 2.24) is 15.2 Å². The molecule has 4 heterocycles. The van der Waals surface area contributed by atoms with Gasteiger partial charge in [0.15, 0.2) is 5.82 Å². The van der Waals surface area contributed by atoms with E-state index in [4.69, 9.17) is 5.73 Å². The zero-order valence-electron chi connectivity index (χ0n) is 11.6. The molecule has 4 rings (SSSR count). The maximum atomic E-state index is 5.80. The second kappa shape index (κ2) is 5.40. The highest BCUT2D eigenvalue weighted by molar-refractivity contribution is 7.28. The number of nitrogens with zero attached hydrogens (tertiary/aromatic N) is 3. The SMILES string of the molecule is NCC1CCCN(c2n[nH]c(-c3cc4sccc4s3)n2)C1. The Kier molecular flexibility index (Phi) is 3.40. The van der Waals surface area contributed by atoms with Crippen LogP contribution in [0.4, 0.5) is 5.95 Å². The average molecular weight is 319 g/mol. The summed E-state index contributed by atoms with van der Waals surface area (Å²) < 4.78 is 2.63. The summed E-state index contributed by atoms with van der Waals surface area (Å²) in [6, 6.07) is 4.34. The van der Waals surface area contributed by atoms with Gasteiger partial charge in [0, 0.05) is 22.5 Å². The van der Waals surface area contributed by atoms with Crippen LogP contribution < -0.4 is 10.6 Å². The van der Waals surface area contributed by atoms with Gasteiger partial charge in [-0.3, -0.25) is 5.10 Å². The molecule has 3 N–H and O–H groups in total. The van der Waals surface area contributed by atoms with Gasteiger partial charge in [0.2, 0.25) is 5.95 Å². The number of aromatic nitrogens is 3. The first-order chi connectivity index (χ1) is 10.3. The molecule has 21 heavy (non-hydrogen) atoms. The van der Waals surface area contributed by atoms with Crippen molar-refractivity contribution in [2.75, 3.05) is 24.5 Å². The molecule has 3 aromatic rings. The lowest BCUT2D eigenvalue weighted by atomic mass is 9.99. The summed E-state index contributed by atoms with van der Waals surface area (Å²) in [5.74, 6) is 2.24. The zero-order valence-corrected chi connectivity index (χ0v) is 13.2. The molecule has 7 heteroatoms. The fourth-order valence-corrected chi connectivity index (χ4v) is 4.87. The predicted molar refractivity (Wildman–Crippen MR) is 89.1 cm³/mol. The number of thiophene rings is 2. The number of H-pyrrole nitrogens is 1. The Balaban J connectivity index is 1.59. The lowest BCUT2D eigenvalue weighted by Crippen LogP contribution is -2.38. The van der Waals surface area contributed by atoms with E-state index in [0.717, 1.165) is 36.3 Å². The monoisotopic (exact) mass is 319 g/mol. The Morgan fingerprint density at radius 3 is 3.24 bits per heavy atom. The minimum Gasteiger partial charge on any atom is -0.339 e. The molecule has 0 spiro atoms. The van der Waals surface area contributed by atoms with Crippen LogP contribution in [-0.4, -0.2) is 34.8 Å². The number of anilines is 1. The van der Waals surface area contributed by atoms with Crippen LogP contribution in [0.3, 0.4) is 0 Å². The van der Waals surface area contributed by atoms with Gasteiger partial charge < -0.3 is 10.6 Å². The summed E-state index contributed by atoms with van der Waals surface area (Å²) in [5, 5.41) is 9.61. The summed E-state index contributed by atoms with van der Waals surface area (Å²) in [4.78, 5) is 8.08. The number of hydrogen-bond donors (Lipinski definition) is 2. The van der Waals surface area contributed by atoms with Gasteiger partial charge >= 0.3 is 0 Å². The van der Waals surface area contributed by atoms with Gasteiger partial charge in [-0.1, -0.05) is 0 Å². The summed E-state index contributed by atoms with van der Waals surface area (Å²) in [7, 11) is 0. The molecule has 0 amide bonds. The number of piperidine rings is 1. The standard InChI is InChI=1S/C14H17N5S2/c15-7-9-2-1-4-19(8-9)14-16-13(17-18-14)12-6-11-10(21-12)3-5-20-11/h3,5-6,9H,1-2,4,7-8,15H2,(H,16,17,18). The van der Waals surface area contributed by atoms with Crippen molar-refractivity contribution in [2.24, 2.45) is 11.7 Å². The van der Waals surface area contributed by atoms with E-state index in [1.165, 1.54) is 22.2 Å². The number of hydrogen-bond acceptors (Lipinski definition) is 6. The Morgan fingerprint density at radius 1 is 1.43 bits per heavy atom. The Bertz CT molecular complexity index is 715. The first-order valence-electron chi connectivity index (χ1n) is 7.18. The second-order valence-electron chi connectivity index (χ2n) is 5.43. The van der Waals surface area contributed by atoms with Crippen LogP contribution in [0, 0.1) is 5.92 Å². The Labute approximate surface area is 130 Å². The molecule has 0 aromatic carbocycles. The van der Waals surface area contributed by atoms with Crippen molar-refractivity contribution in [1.29, 1.82) is 0 Å². The third-order valence-electron chi connectivity index (χ3n) is 3.98. The minimum atomic E-state index is 0.563. The van der Waals surface area contributed by atoms with Crippen LogP contribution in [0.15, 0.2) is 17.5 Å². The minimum absolute atomic E-state index is 0.563. The molecule has 1 aliphatic heterocycles. The van der Waals surface area contributed by atoms with Crippen molar-refractivity contribution >= 4 is 38.0 Å². The third-order valence-corrected chi connectivity index (χ3v) is 6.08. The van der Waals surface area contributed by atoms with E-state index < -0.39 is 0 Å². The van der Waals surface area contributed by atoms with Crippen molar-refractivity contribution in [3.8, 4) is 10.7 Å². The smallest absolute Gasteiger partial charge is 0.245 e. The molecule has 1 fully saturated rings. The van der Waals surface area contributed by atoms with E-state index in [0.29, 0.717) is 5.92 Å². The highest BCUT2D eigenvalue weighted by Gasteiger charge is 2.22. The molecule has 1 aliphatic rings. The van der Waals surface area contributed by atoms with Gasteiger partial charge in [0.05, 0.1) is 4.88 Å². The highest BCUT2D eigenvalue weighted by atomic mass is 32.1. The molecule has 0 aliphatic carbocycles. The van der Waals surface area contributed by atoms with E-state index in [2.05, 4.69) is 37.6 Å². The number of aromatic amines is 1. The van der Waals surface area contributed by atoms with E-state index in [1.807, 2.05) is 0 Å². The van der Waals surface area contributed by atoms with Crippen LogP contribution in [-0.2, 0) is 0 Å². The van der Waals surface area contributed by atoms with Crippen LogP contribution in [0.1, 0.15) is 12.8 Å². The van der Waals surface area contributed by atoms with Crippen molar-refractivity contribution in [3.63, 3.8) is 0 Å². The van der Waals surface area contributed by atoms with Crippen molar-refractivity contribution in [2.45, 2.75) is 12.8 Å². The van der Waals surface area contributed by atoms with Gasteiger partial charge in [-0.2, -0.15) is 4.98 Å². The van der Waals surface area contributed by atoms with Crippen LogP contribution in [0.2, 0.25) is 0 Å². The van der Waals surface area contributed by atoms with Gasteiger partial charge in [-0.15, -0.1) is 27.8 Å². The molecular weight excluding hydrogens is 302 g/mol. The summed E-state index contributed by atoms with van der Waals surface area (Å²) in [6.07, 6.45) is 2.38. The zero-order chi connectivity index (χ0) is 14.2. The van der Waals surface area contributed by atoms with E-state index in [-0.39, 0.29) is 0 Å². The van der Waals surface area contributed by atoms with E-state index in [1.54, 1.807) is 22.7 Å². The van der Waals surface area contributed by atoms with Crippen molar-refractivity contribution in [3.05, 3.63) is 17.5 Å². The molecule has 1 atom stereocenters. The fourth-order valence-electron chi connectivity index (χ4n) is 2.83. The first-order valence-corrected chi connectivity index (χ1v) is 8.88. The summed E-state index contributed by atoms with van der Waals surface area (Å²) in [6.45, 7) is 2.73. The van der Waals surface area contributed by atoms with Crippen molar-refractivity contribution < 1.29 is 0 Å². The topological polar surface area (TPSA) is 70.8 Å². The molecule has 0 radical (unpaired) electrons. The van der Waals surface area contributed by atoms with Gasteiger partial charge in [0.1, 0.15) is 0 Å². The van der Waals surface area contributed by atoms with E-state index in [9.17, 15) is 0 Å². The Morgan fingerprint density at radius 2 is 2.38 bits per heavy atom. The normalized spacial score (nSPS) is 19.5. The number of rotatable bonds is 3. The fraction of sp³-hybridized carbons (Fsp3) is 0.429. The maximum Gasteiger partial charge on any atom is 0.245 e. The van der Waals surface area contributed by atoms with Crippen LogP contribution in [0.5, 0.6) is 0 Å². The lowest BCUT2D eigenvalue weighted by Gasteiger charge is -2.31. The lowest BCUT2D eigenvalue weighted by molar-refractivity contribution is 0.420. The molecular formula is C14H17N5S2. The van der Waals surface area contributed by atoms with Gasteiger partial charge in [-0.05, 0) is 42.8 Å². The molecule has 0 bridgehead atoms. The highest BCUT2D eigenvalue weighted by Crippen LogP contribution is 2.35. The van der Waals surface area contributed by atoms with Gasteiger partial charge in [-0.25, -0.2) is 0 Å². The molecule has 1 unspecified atom stereocenters. The number of fused-ring (bicyclic) bond motifs is 1. The molecule has 5 nitrogen and oxygen atoms in total. The quantitative estimate of drug-likeness (QED) is 0.778. The average Bonchev–Trinajstić information content (AvgIpc) is 3.21. The van der Waals surface area contributed by atoms with Crippen LogP contribution >= 0.6 is 22.7 Å². The summed E-state index contributed by atoms with van der Waals surface area (Å²) >= 11 is 3.53. The number of nitrogens with two attached hydrogens (primary N) is 1. The molecule has 3 aromatic heterocycles. The molecule has 1 saturated heterocycles. The maximum absolute atomic E-state index is 5.80. The predicted octanol–water partition coefficient (Wildman–Crippen LogP) is 2.92. The Hall–Kier alpha value is -1.44. The third kappa shape index (κ3) is 2.45. The molecule has 0 saturated carbocycles.